The van der Waals surface area contributed by atoms with Gasteiger partial charge in [0, 0.05) is 30.4 Å². The van der Waals surface area contributed by atoms with Crippen molar-refractivity contribution in [2.45, 2.75) is 52.1 Å². The van der Waals surface area contributed by atoms with E-state index in [0.29, 0.717) is 6.04 Å². The lowest BCUT2D eigenvalue weighted by atomic mass is 9.93. The van der Waals surface area contributed by atoms with Gasteiger partial charge in [0.05, 0.1) is 0 Å². The lowest BCUT2D eigenvalue weighted by Gasteiger charge is -2.40. The zero-order valence-corrected chi connectivity index (χ0v) is 10.1. The molecule has 0 unspecified atom stereocenters. The van der Waals surface area contributed by atoms with Crippen LogP contribution in [0, 0.1) is 0 Å². The second kappa shape index (κ2) is 4.40. The van der Waals surface area contributed by atoms with Crippen molar-refractivity contribution in [3.8, 4) is 0 Å². The topological polar surface area (TPSA) is 19.0 Å². The molecular weight excluding hydrogens is 184 g/mol. The first kappa shape index (κ1) is 10.7. The Labute approximate surface area is 92.7 Å². The van der Waals surface area contributed by atoms with E-state index in [1.54, 1.807) is 0 Å². The highest BCUT2D eigenvalue weighted by Crippen LogP contribution is 2.33. The summed E-state index contributed by atoms with van der Waals surface area (Å²) in [4.78, 5) is 6.05. The zero-order valence-electron chi connectivity index (χ0n) is 10.1. The zero-order chi connectivity index (χ0) is 10.8. The van der Waals surface area contributed by atoms with Crippen LogP contribution in [0.3, 0.4) is 0 Å². The van der Waals surface area contributed by atoms with Crippen LogP contribution in [0.2, 0.25) is 0 Å². The summed E-state index contributed by atoms with van der Waals surface area (Å²) in [7, 11) is 0. The maximum absolute atomic E-state index is 3.39. The number of rotatable bonds is 3. The van der Waals surface area contributed by atoms with Gasteiger partial charge in [0.25, 0.3) is 0 Å². The molecule has 84 valence electrons. The van der Waals surface area contributed by atoms with Crippen LogP contribution in [0.1, 0.15) is 50.9 Å². The summed E-state index contributed by atoms with van der Waals surface area (Å²) in [6, 6.07) is 3.56. The van der Waals surface area contributed by atoms with Crippen LogP contribution < -0.4 is 0 Å². The molecule has 1 aromatic rings. The van der Waals surface area contributed by atoms with Crippen LogP contribution in [0.5, 0.6) is 0 Å². The Balaban J connectivity index is 2.25. The lowest BCUT2D eigenvalue weighted by molar-refractivity contribution is 0.123. The largest absolute Gasteiger partial charge is 0.365 e. The highest BCUT2D eigenvalue weighted by Gasteiger charge is 2.30. The van der Waals surface area contributed by atoms with Crippen LogP contribution in [0.15, 0.2) is 12.3 Å². The average Bonchev–Trinajstić information content (AvgIpc) is 2.70. The van der Waals surface area contributed by atoms with Crippen molar-refractivity contribution in [2.75, 3.05) is 6.54 Å². The molecule has 0 bridgehead atoms. The van der Waals surface area contributed by atoms with Gasteiger partial charge >= 0.3 is 0 Å². The molecule has 2 nitrogen and oxygen atoms in total. The number of nitrogens with one attached hydrogen (secondary N) is 1. The molecule has 1 N–H and O–H groups in total. The van der Waals surface area contributed by atoms with Gasteiger partial charge in [-0.1, -0.05) is 13.8 Å². The summed E-state index contributed by atoms with van der Waals surface area (Å²) in [5, 5.41) is 0. The van der Waals surface area contributed by atoms with E-state index in [-0.39, 0.29) is 0 Å². The molecule has 0 saturated heterocycles. The molecule has 2 rings (SSSR count). The maximum atomic E-state index is 3.39. The lowest BCUT2D eigenvalue weighted by Crippen LogP contribution is -2.42. The van der Waals surface area contributed by atoms with E-state index in [2.05, 4.69) is 42.9 Å². The molecule has 0 aliphatic carbocycles. The van der Waals surface area contributed by atoms with Crippen molar-refractivity contribution in [2.24, 2.45) is 0 Å². The Bertz CT molecular complexity index is 316. The van der Waals surface area contributed by atoms with Gasteiger partial charge in [-0.15, -0.1) is 0 Å². The fraction of sp³-hybridized carbons (Fsp3) is 0.692. The van der Waals surface area contributed by atoms with Gasteiger partial charge < -0.3 is 4.98 Å². The molecule has 0 radical (unpaired) electrons. The third-order valence-corrected chi connectivity index (χ3v) is 3.68. The molecule has 0 aromatic carbocycles. The first-order chi connectivity index (χ1) is 7.27. The Morgan fingerprint density at radius 3 is 2.93 bits per heavy atom. The number of nitrogens with zero attached hydrogens (tertiary/aromatic N) is 1. The van der Waals surface area contributed by atoms with Crippen molar-refractivity contribution in [1.82, 2.24) is 9.88 Å². The summed E-state index contributed by atoms with van der Waals surface area (Å²) in [5.41, 5.74) is 2.97. The molecule has 0 saturated carbocycles. The molecule has 1 aliphatic heterocycles. The van der Waals surface area contributed by atoms with Crippen molar-refractivity contribution in [3.63, 3.8) is 0 Å². The molecule has 2 heterocycles. The summed E-state index contributed by atoms with van der Waals surface area (Å²) >= 11 is 0. The third kappa shape index (κ3) is 1.83. The normalized spacial score (nSPS) is 26.6. The number of aromatic amines is 1. The molecule has 0 amide bonds. The van der Waals surface area contributed by atoms with Crippen LogP contribution in [-0.2, 0) is 6.42 Å². The molecule has 1 aromatic heterocycles. The van der Waals surface area contributed by atoms with Gasteiger partial charge in [-0.25, -0.2) is 0 Å². The van der Waals surface area contributed by atoms with Crippen molar-refractivity contribution in [3.05, 3.63) is 23.5 Å². The highest BCUT2D eigenvalue weighted by atomic mass is 15.2. The van der Waals surface area contributed by atoms with Gasteiger partial charge in [0.15, 0.2) is 0 Å². The minimum atomic E-state index is 0.588. The van der Waals surface area contributed by atoms with E-state index in [9.17, 15) is 0 Å². The second-order valence-electron chi connectivity index (χ2n) is 4.59. The van der Waals surface area contributed by atoms with Crippen LogP contribution in [-0.4, -0.2) is 22.5 Å². The maximum Gasteiger partial charge on any atom is 0.0340 e. The highest BCUT2D eigenvalue weighted by molar-refractivity contribution is 5.27. The number of aromatic nitrogens is 1. The number of hydrogen-bond donors (Lipinski definition) is 1. The van der Waals surface area contributed by atoms with Gasteiger partial charge in [-0.3, -0.25) is 4.90 Å². The minimum Gasteiger partial charge on any atom is -0.365 e. The van der Waals surface area contributed by atoms with E-state index in [4.69, 9.17) is 0 Å². The van der Waals surface area contributed by atoms with Crippen LogP contribution >= 0.6 is 0 Å². The number of hydrogen-bond acceptors (Lipinski definition) is 1. The summed E-state index contributed by atoms with van der Waals surface area (Å²) in [5.74, 6) is 0. The monoisotopic (exact) mass is 206 g/mol. The van der Waals surface area contributed by atoms with Gasteiger partial charge in [-0.05, 0) is 37.9 Å². The van der Waals surface area contributed by atoms with Crippen LogP contribution in [0.4, 0.5) is 0 Å². The summed E-state index contributed by atoms with van der Waals surface area (Å²) < 4.78 is 0. The standard InChI is InChI=1S/C13H22N2/c1-4-8-15-10(3)12-6-7-14-13(12)9-11(15)5-2/h6-7,10-11,14H,4-5,8-9H2,1-3H3/t10-,11-/m1/s1. The predicted molar refractivity (Wildman–Crippen MR) is 64.0 cm³/mol. The van der Waals surface area contributed by atoms with Crippen LogP contribution in [0.25, 0.3) is 0 Å². The number of H-pyrrole nitrogens is 1. The Kier molecular flexibility index (Phi) is 3.15. The van der Waals surface area contributed by atoms with E-state index in [0.717, 1.165) is 6.04 Å². The van der Waals surface area contributed by atoms with E-state index < -0.39 is 0 Å². The number of fused-ring (bicyclic) bond motifs is 1. The third-order valence-electron chi connectivity index (χ3n) is 3.68. The van der Waals surface area contributed by atoms with Gasteiger partial charge in [0.2, 0.25) is 0 Å². The fourth-order valence-corrected chi connectivity index (χ4v) is 2.85. The Morgan fingerprint density at radius 1 is 1.47 bits per heavy atom. The second-order valence-corrected chi connectivity index (χ2v) is 4.59. The molecule has 0 fully saturated rings. The first-order valence-electron chi connectivity index (χ1n) is 6.19. The van der Waals surface area contributed by atoms with Crippen molar-refractivity contribution in [1.29, 1.82) is 0 Å². The van der Waals surface area contributed by atoms with Gasteiger partial charge in [0.1, 0.15) is 0 Å². The smallest absolute Gasteiger partial charge is 0.0340 e. The van der Waals surface area contributed by atoms with Gasteiger partial charge in [-0.2, -0.15) is 0 Å². The molecular formula is C13H22N2. The summed E-state index contributed by atoms with van der Waals surface area (Å²) in [6.45, 7) is 8.13. The van der Waals surface area contributed by atoms with E-state index >= 15 is 0 Å². The molecule has 2 atom stereocenters. The van der Waals surface area contributed by atoms with Crippen molar-refractivity contribution >= 4 is 0 Å². The SMILES string of the molecule is CCCN1[C@H](CC)Cc2[nH]ccc2[C@H]1C. The fourth-order valence-electron chi connectivity index (χ4n) is 2.85. The summed E-state index contributed by atoms with van der Waals surface area (Å²) in [6.07, 6.45) is 5.79. The molecule has 15 heavy (non-hydrogen) atoms. The Morgan fingerprint density at radius 2 is 2.27 bits per heavy atom. The average molecular weight is 206 g/mol. The molecule has 2 heteroatoms. The Hall–Kier alpha value is -0.760. The molecule has 0 spiro atoms. The van der Waals surface area contributed by atoms with E-state index in [1.165, 1.54) is 37.1 Å². The predicted octanol–water partition coefficient (Wildman–Crippen LogP) is 3.12. The van der Waals surface area contributed by atoms with E-state index in [1.807, 2.05) is 0 Å². The molecule has 1 aliphatic rings. The van der Waals surface area contributed by atoms with Crippen molar-refractivity contribution < 1.29 is 0 Å². The first-order valence-corrected chi connectivity index (χ1v) is 6.19. The minimum absolute atomic E-state index is 0.588. The quantitative estimate of drug-likeness (QED) is 0.805.